The number of ketones is 1. The molecule has 4 rings (SSSR count). The quantitative estimate of drug-likeness (QED) is 0.684. The lowest BCUT2D eigenvalue weighted by atomic mass is 9.73. The predicted octanol–water partition coefficient (Wildman–Crippen LogP) is 4.20. The number of rotatable bonds is 6. The average Bonchev–Trinajstić information content (AvgIpc) is 2.78. The van der Waals surface area contributed by atoms with Crippen LogP contribution in [0.1, 0.15) is 56.1 Å². The number of ether oxygens (including phenoxy) is 3. The summed E-state index contributed by atoms with van der Waals surface area (Å²) < 4.78 is 16.3. The summed E-state index contributed by atoms with van der Waals surface area (Å²) in [6.07, 6.45) is 1.17. The second-order valence-corrected chi connectivity index (χ2v) is 8.74. The lowest BCUT2D eigenvalue weighted by Crippen LogP contribution is -2.38. The standard InChI is InChI=1S/C26H29NO6/c1-14(2)33-18-7-5-15(6-8-18)16-9-20-25(21(28)10-16)19(13-24(29)27-20)17-11-22(31-3)26(30)23(12-17)32-4/h5-8,11-12,14,16,19,30H,9-10,13H2,1-4H3,(H,27,29). The van der Waals surface area contributed by atoms with E-state index in [9.17, 15) is 14.7 Å². The van der Waals surface area contributed by atoms with Crippen LogP contribution in [0.15, 0.2) is 47.7 Å². The highest BCUT2D eigenvalue weighted by molar-refractivity contribution is 6.02. The number of phenols is 1. The number of allylic oxidation sites excluding steroid dienone is 2. The van der Waals surface area contributed by atoms with Gasteiger partial charge in [0, 0.05) is 30.0 Å². The van der Waals surface area contributed by atoms with Crippen molar-refractivity contribution in [3.63, 3.8) is 0 Å². The molecular formula is C26H29NO6. The molecule has 0 saturated heterocycles. The van der Waals surface area contributed by atoms with Crippen LogP contribution in [0, 0.1) is 0 Å². The molecular weight excluding hydrogens is 422 g/mol. The van der Waals surface area contributed by atoms with Gasteiger partial charge in [0.1, 0.15) is 5.75 Å². The van der Waals surface area contributed by atoms with Crippen LogP contribution >= 0.6 is 0 Å². The number of benzene rings is 2. The number of carbonyl (C=O) groups is 2. The minimum absolute atomic E-state index is 0.0137. The van der Waals surface area contributed by atoms with Gasteiger partial charge in [0.2, 0.25) is 11.7 Å². The molecule has 7 nitrogen and oxygen atoms in total. The summed E-state index contributed by atoms with van der Waals surface area (Å²) in [5.41, 5.74) is 3.03. The highest BCUT2D eigenvalue weighted by Crippen LogP contribution is 2.46. The van der Waals surface area contributed by atoms with Crippen molar-refractivity contribution < 1.29 is 28.9 Å². The van der Waals surface area contributed by atoms with Crippen LogP contribution in [0.5, 0.6) is 23.0 Å². The maximum absolute atomic E-state index is 13.3. The predicted molar refractivity (Wildman–Crippen MR) is 123 cm³/mol. The van der Waals surface area contributed by atoms with Gasteiger partial charge in [-0.25, -0.2) is 0 Å². The van der Waals surface area contributed by atoms with Crippen molar-refractivity contribution in [3.8, 4) is 23.0 Å². The third-order valence-electron chi connectivity index (χ3n) is 6.16. The molecule has 0 fully saturated rings. The fourth-order valence-corrected chi connectivity index (χ4v) is 4.69. The largest absolute Gasteiger partial charge is 0.502 e. The molecule has 0 saturated carbocycles. The molecule has 2 aromatic rings. The molecule has 2 aromatic carbocycles. The molecule has 1 aliphatic carbocycles. The molecule has 0 spiro atoms. The number of aromatic hydroxyl groups is 1. The van der Waals surface area contributed by atoms with Crippen LogP contribution in [0.25, 0.3) is 0 Å². The summed E-state index contributed by atoms with van der Waals surface area (Å²) in [7, 11) is 2.90. The lowest BCUT2D eigenvalue weighted by molar-refractivity contribution is -0.122. The van der Waals surface area contributed by atoms with E-state index in [0.717, 1.165) is 11.3 Å². The van der Waals surface area contributed by atoms with Gasteiger partial charge < -0.3 is 24.6 Å². The lowest BCUT2D eigenvalue weighted by Gasteiger charge is -2.34. The molecule has 2 N–H and O–H groups in total. The first-order chi connectivity index (χ1) is 15.8. The Bertz CT molecular complexity index is 1080. The first-order valence-electron chi connectivity index (χ1n) is 11.1. The van der Waals surface area contributed by atoms with E-state index in [-0.39, 0.29) is 47.4 Å². The molecule has 2 unspecified atom stereocenters. The monoisotopic (exact) mass is 451 g/mol. The van der Waals surface area contributed by atoms with Gasteiger partial charge in [-0.3, -0.25) is 9.59 Å². The van der Waals surface area contributed by atoms with E-state index in [1.165, 1.54) is 14.2 Å². The zero-order valence-corrected chi connectivity index (χ0v) is 19.3. The molecule has 33 heavy (non-hydrogen) atoms. The van der Waals surface area contributed by atoms with E-state index in [4.69, 9.17) is 14.2 Å². The molecule has 0 radical (unpaired) electrons. The summed E-state index contributed by atoms with van der Waals surface area (Å²) in [6, 6.07) is 11.1. The first-order valence-corrected chi connectivity index (χ1v) is 11.1. The van der Waals surface area contributed by atoms with Gasteiger partial charge in [0.05, 0.1) is 20.3 Å². The Morgan fingerprint density at radius 2 is 1.58 bits per heavy atom. The fourth-order valence-electron chi connectivity index (χ4n) is 4.69. The van der Waals surface area contributed by atoms with Gasteiger partial charge in [-0.1, -0.05) is 12.1 Å². The molecule has 174 valence electrons. The number of amides is 1. The average molecular weight is 452 g/mol. The van der Waals surface area contributed by atoms with Gasteiger partial charge in [0.15, 0.2) is 17.3 Å². The molecule has 0 aromatic heterocycles. The number of hydrogen-bond acceptors (Lipinski definition) is 6. The number of phenolic OH excluding ortho intramolecular Hbond substituents is 1. The van der Waals surface area contributed by atoms with Crippen molar-refractivity contribution in [2.24, 2.45) is 0 Å². The summed E-state index contributed by atoms with van der Waals surface area (Å²) >= 11 is 0. The maximum Gasteiger partial charge on any atom is 0.225 e. The van der Waals surface area contributed by atoms with E-state index in [1.807, 2.05) is 38.1 Å². The molecule has 7 heteroatoms. The molecule has 0 bridgehead atoms. The Labute approximate surface area is 193 Å². The molecule has 1 aliphatic heterocycles. The second kappa shape index (κ2) is 9.17. The van der Waals surface area contributed by atoms with Crippen LogP contribution in [-0.2, 0) is 9.59 Å². The Hall–Kier alpha value is -3.48. The number of carbonyl (C=O) groups excluding carboxylic acids is 2. The maximum atomic E-state index is 13.3. The Balaban J connectivity index is 1.67. The minimum Gasteiger partial charge on any atom is -0.502 e. The topological polar surface area (TPSA) is 94.1 Å². The van der Waals surface area contributed by atoms with E-state index in [1.54, 1.807) is 12.1 Å². The van der Waals surface area contributed by atoms with Crippen LogP contribution < -0.4 is 19.5 Å². The van der Waals surface area contributed by atoms with Crippen LogP contribution in [-0.4, -0.2) is 37.1 Å². The summed E-state index contributed by atoms with van der Waals surface area (Å²) in [6.45, 7) is 3.95. The third kappa shape index (κ3) is 4.53. The van der Waals surface area contributed by atoms with Crippen molar-refractivity contribution in [2.75, 3.05) is 14.2 Å². The summed E-state index contributed by atoms with van der Waals surface area (Å²) in [5.74, 6) is 0.582. The number of nitrogens with one attached hydrogen (secondary N) is 1. The van der Waals surface area contributed by atoms with Gasteiger partial charge in [-0.15, -0.1) is 0 Å². The third-order valence-corrected chi connectivity index (χ3v) is 6.16. The van der Waals surface area contributed by atoms with Crippen molar-refractivity contribution in [2.45, 2.75) is 51.0 Å². The van der Waals surface area contributed by atoms with Gasteiger partial charge >= 0.3 is 0 Å². The van der Waals surface area contributed by atoms with E-state index >= 15 is 0 Å². The Morgan fingerprint density at radius 3 is 2.15 bits per heavy atom. The van der Waals surface area contributed by atoms with Crippen LogP contribution in [0.2, 0.25) is 0 Å². The van der Waals surface area contributed by atoms with E-state index in [0.29, 0.717) is 29.7 Å². The Kier molecular flexibility index (Phi) is 6.31. The highest BCUT2D eigenvalue weighted by Gasteiger charge is 2.38. The van der Waals surface area contributed by atoms with Crippen molar-refractivity contribution in [1.82, 2.24) is 5.32 Å². The summed E-state index contributed by atoms with van der Waals surface area (Å²) in [5, 5.41) is 13.2. The number of methoxy groups -OCH3 is 2. The van der Waals surface area contributed by atoms with Crippen molar-refractivity contribution >= 4 is 11.7 Å². The molecule has 1 amide bonds. The zero-order chi connectivity index (χ0) is 23.7. The molecule has 2 atom stereocenters. The zero-order valence-electron chi connectivity index (χ0n) is 19.3. The van der Waals surface area contributed by atoms with Crippen molar-refractivity contribution in [3.05, 3.63) is 58.8 Å². The SMILES string of the molecule is COc1cc(C2CC(=O)NC3=C2C(=O)CC(c2ccc(OC(C)C)cc2)C3)cc(OC)c1O. The van der Waals surface area contributed by atoms with Gasteiger partial charge in [0.25, 0.3) is 0 Å². The van der Waals surface area contributed by atoms with E-state index < -0.39 is 5.92 Å². The fraction of sp³-hybridized carbons (Fsp3) is 0.385. The normalized spacial score (nSPS) is 20.4. The molecule has 2 aliphatic rings. The van der Waals surface area contributed by atoms with E-state index in [2.05, 4.69) is 5.32 Å². The van der Waals surface area contributed by atoms with Gasteiger partial charge in [-0.2, -0.15) is 0 Å². The first kappa shape index (κ1) is 22.7. The number of hydrogen-bond donors (Lipinski definition) is 2. The summed E-state index contributed by atoms with van der Waals surface area (Å²) in [4.78, 5) is 25.9. The van der Waals surface area contributed by atoms with Crippen molar-refractivity contribution in [1.29, 1.82) is 0 Å². The second-order valence-electron chi connectivity index (χ2n) is 8.74. The highest BCUT2D eigenvalue weighted by atomic mass is 16.5. The number of Topliss-reactive ketones (excluding diaryl/α,β-unsaturated/α-hetero) is 1. The Morgan fingerprint density at radius 1 is 0.939 bits per heavy atom. The minimum atomic E-state index is -0.424. The van der Waals surface area contributed by atoms with Crippen LogP contribution in [0.4, 0.5) is 0 Å². The van der Waals surface area contributed by atoms with Gasteiger partial charge in [-0.05, 0) is 61.6 Å². The van der Waals surface area contributed by atoms with Crippen LogP contribution in [0.3, 0.4) is 0 Å². The smallest absolute Gasteiger partial charge is 0.225 e. The molecule has 1 heterocycles.